The zero-order valence-corrected chi connectivity index (χ0v) is 24.5. The predicted molar refractivity (Wildman–Crippen MR) is 187 cm³/mol. The number of rotatable bonds is 3. The molecule has 3 heteroatoms. The molecule has 2 unspecified atom stereocenters. The first-order valence-corrected chi connectivity index (χ1v) is 15.6. The maximum Gasteiger partial charge on any atom is 0.143 e. The zero-order valence-electron chi connectivity index (χ0n) is 24.5. The van der Waals surface area contributed by atoms with Crippen molar-refractivity contribution < 1.29 is 4.42 Å². The molecule has 10 rings (SSSR count). The molecule has 0 amide bonds. The van der Waals surface area contributed by atoms with E-state index in [1.54, 1.807) is 0 Å². The van der Waals surface area contributed by atoms with Gasteiger partial charge in [-0.25, -0.2) is 0 Å². The fourth-order valence-corrected chi connectivity index (χ4v) is 7.75. The molecule has 3 heterocycles. The highest BCUT2D eigenvalue weighted by Gasteiger charge is 2.37. The van der Waals surface area contributed by atoms with Crippen LogP contribution in [0.1, 0.15) is 11.5 Å². The fourth-order valence-electron chi connectivity index (χ4n) is 7.75. The Hall–Kier alpha value is -5.80. The van der Waals surface area contributed by atoms with Crippen molar-refractivity contribution in [3.05, 3.63) is 163 Å². The van der Waals surface area contributed by atoms with Crippen LogP contribution in [0.25, 0.3) is 60.6 Å². The number of anilines is 2. The molecule has 212 valence electrons. The molecule has 0 fully saturated rings. The number of hydrogen-bond acceptors (Lipinski definition) is 2. The van der Waals surface area contributed by atoms with E-state index >= 15 is 0 Å². The second-order valence-electron chi connectivity index (χ2n) is 12.1. The molecule has 2 aromatic heterocycles. The molecule has 6 aromatic carbocycles. The number of para-hydroxylation sites is 4. The predicted octanol–water partition coefficient (Wildman–Crippen LogP) is 11.1. The van der Waals surface area contributed by atoms with Crippen LogP contribution in [0.4, 0.5) is 11.4 Å². The lowest BCUT2D eigenvalue weighted by Gasteiger charge is -2.28. The van der Waals surface area contributed by atoms with Gasteiger partial charge in [0.25, 0.3) is 0 Å². The van der Waals surface area contributed by atoms with Gasteiger partial charge in [0.15, 0.2) is 0 Å². The van der Waals surface area contributed by atoms with E-state index in [1.807, 2.05) is 0 Å². The SMILES string of the molecule is C1=CC2c3cc(-c4cc(-n5c6ccccc6c6ccccc65)cc5c4oc4ccccc45)ccc3N(c3ccccc3)C2C=C1. The normalized spacial score (nSPS) is 17.1. The van der Waals surface area contributed by atoms with Gasteiger partial charge in [-0.1, -0.05) is 103 Å². The van der Waals surface area contributed by atoms with Gasteiger partial charge in [-0.05, 0) is 65.7 Å². The van der Waals surface area contributed by atoms with Gasteiger partial charge in [0, 0.05) is 50.1 Å². The van der Waals surface area contributed by atoms with E-state index in [0.717, 1.165) is 38.8 Å². The van der Waals surface area contributed by atoms with Crippen molar-refractivity contribution >= 4 is 55.1 Å². The number of fused-ring (bicyclic) bond motifs is 9. The van der Waals surface area contributed by atoms with E-state index in [0.29, 0.717) is 0 Å². The zero-order chi connectivity index (χ0) is 29.5. The Labute approximate surface area is 260 Å². The highest BCUT2D eigenvalue weighted by Crippen LogP contribution is 2.49. The van der Waals surface area contributed by atoms with Crippen molar-refractivity contribution in [1.29, 1.82) is 0 Å². The Balaban J connectivity index is 1.25. The fraction of sp³-hybridized carbons (Fsp3) is 0.0476. The molecule has 3 nitrogen and oxygen atoms in total. The van der Waals surface area contributed by atoms with Crippen molar-refractivity contribution in [2.24, 2.45) is 0 Å². The lowest BCUT2D eigenvalue weighted by atomic mass is 9.89. The van der Waals surface area contributed by atoms with Crippen molar-refractivity contribution in [1.82, 2.24) is 4.57 Å². The molecule has 1 aliphatic carbocycles. The molecule has 2 aliphatic rings. The van der Waals surface area contributed by atoms with E-state index < -0.39 is 0 Å². The van der Waals surface area contributed by atoms with Gasteiger partial charge in [0.1, 0.15) is 11.2 Å². The summed E-state index contributed by atoms with van der Waals surface area (Å²) in [6.07, 6.45) is 9.04. The van der Waals surface area contributed by atoms with Gasteiger partial charge in [-0.3, -0.25) is 0 Å². The minimum absolute atomic E-state index is 0.248. The van der Waals surface area contributed by atoms with E-state index in [-0.39, 0.29) is 12.0 Å². The minimum Gasteiger partial charge on any atom is -0.455 e. The second kappa shape index (κ2) is 9.35. The molecule has 0 N–H and O–H groups in total. The van der Waals surface area contributed by atoms with Crippen LogP contribution >= 0.6 is 0 Å². The lowest BCUT2D eigenvalue weighted by molar-refractivity contribution is 0.670. The summed E-state index contributed by atoms with van der Waals surface area (Å²) in [4.78, 5) is 2.48. The third-order valence-corrected chi connectivity index (χ3v) is 9.70. The highest BCUT2D eigenvalue weighted by atomic mass is 16.3. The maximum atomic E-state index is 6.66. The summed E-state index contributed by atoms with van der Waals surface area (Å²) in [5.41, 5.74) is 11.4. The second-order valence-corrected chi connectivity index (χ2v) is 12.1. The Bertz CT molecular complexity index is 2460. The van der Waals surface area contributed by atoms with Crippen LogP contribution in [0.2, 0.25) is 0 Å². The topological polar surface area (TPSA) is 21.3 Å². The number of furan rings is 1. The van der Waals surface area contributed by atoms with E-state index in [2.05, 4.69) is 167 Å². The average molecular weight is 577 g/mol. The first-order chi connectivity index (χ1) is 22.3. The standard InChI is InChI=1S/C42H28N2O/c1-2-12-28(13-3-1)43-39-20-10-6-16-32(39)35-24-27(22-23-40(35)43)34-25-29(26-36-33-17-7-11-21-41(33)45-42(34)36)44-37-18-8-4-14-30(37)31-15-5-9-19-38(31)44/h1-26,32,39H. The van der Waals surface area contributed by atoms with Gasteiger partial charge in [-0.2, -0.15) is 0 Å². The van der Waals surface area contributed by atoms with Crippen LogP contribution in [0.5, 0.6) is 0 Å². The van der Waals surface area contributed by atoms with Crippen molar-refractivity contribution in [2.45, 2.75) is 12.0 Å². The Kier molecular flexibility index (Phi) is 5.11. The van der Waals surface area contributed by atoms with Crippen LogP contribution in [-0.2, 0) is 0 Å². The van der Waals surface area contributed by atoms with E-state index in [4.69, 9.17) is 4.42 Å². The first-order valence-electron chi connectivity index (χ1n) is 15.6. The molecular formula is C42H28N2O. The average Bonchev–Trinajstić information content (AvgIpc) is 3.76. The quantitative estimate of drug-likeness (QED) is 0.209. The lowest BCUT2D eigenvalue weighted by Crippen LogP contribution is -2.28. The third kappa shape index (κ3) is 3.52. The highest BCUT2D eigenvalue weighted by molar-refractivity contribution is 6.13. The summed E-state index contributed by atoms with van der Waals surface area (Å²) in [7, 11) is 0. The maximum absolute atomic E-state index is 6.66. The number of hydrogen-bond donors (Lipinski definition) is 0. The van der Waals surface area contributed by atoms with Crippen LogP contribution < -0.4 is 4.90 Å². The molecule has 45 heavy (non-hydrogen) atoms. The van der Waals surface area contributed by atoms with E-state index in [1.165, 1.54) is 38.7 Å². The summed E-state index contributed by atoms with van der Waals surface area (Å²) < 4.78 is 9.06. The van der Waals surface area contributed by atoms with Crippen LogP contribution in [-0.4, -0.2) is 10.6 Å². The van der Waals surface area contributed by atoms with Crippen LogP contribution in [0, 0.1) is 0 Å². The summed E-state index contributed by atoms with van der Waals surface area (Å²) in [6.45, 7) is 0. The first kappa shape index (κ1) is 24.6. The molecule has 8 aromatic rings. The summed E-state index contributed by atoms with van der Waals surface area (Å²) in [6, 6.07) is 48.4. The summed E-state index contributed by atoms with van der Waals surface area (Å²) >= 11 is 0. The largest absolute Gasteiger partial charge is 0.455 e. The number of aromatic nitrogens is 1. The van der Waals surface area contributed by atoms with Crippen LogP contribution in [0.15, 0.2) is 162 Å². The van der Waals surface area contributed by atoms with E-state index in [9.17, 15) is 0 Å². The van der Waals surface area contributed by atoms with Crippen LogP contribution in [0.3, 0.4) is 0 Å². The summed E-state index contributed by atoms with van der Waals surface area (Å²) in [5, 5.41) is 4.78. The minimum atomic E-state index is 0.248. The Morgan fingerprint density at radius 2 is 1.22 bits per heavy atom. The Morgan fingerprint density at radius 3 is 2.02 bits per heavy atom. The smallest absolute Gasteiger partial charge is 0.143 e. The van der Waals surface area contributed by atoms with Gasteiger partial charge in [0.05, 0.1) is 17.1 Å². The monoisotopic (exact) mass is 576 g/mol. The van der Waals surface area contributed by atoms with Gasteiger partial charge < -0.3 is 13.9 Å². The molecule has 0 bridgehead atoms. The third-order valence-electron chi connectivity index (χ3n) is 9.70. The molecule has 0 saturated carbocycles. The molecule has 1 aliphatic heterocycles. The van der Waals surface area contributed by atoms with Gasteiger partial charge in [-0.15, -0.1) is 0 Å². The van der Waals surface area contributed by atoms with Crippen molar-refractivity contribution in [3.8, 4) is 16.8 Å². The number of benzene rings is 6. The number of allylic oxidation sites excluding steroid dienone is 2. The summed E-state index contributed by atoms with van der Waals surface area (Å²) in [5.74, 6) is 0.275. The molecule has 0 spiro atoms. The molecular weight excluding hydrogens is 548 g/mol. The molecule has 0 saturated heterocycles. The number of nitrogens with zero attached hydrogens (tertiary/aromatic N) is 2. The van der Waals surface area contributed by atoms with Crippen molar-refractivity contribution in [2.75, 3.05) is 4.90 Å². The Morgan fingerprint density at radius 1 is 0.533 bits per heavy atom. The van der Waals surface area contributed by atoms with Gasteiger partial charge >= 0.3 is 0 Å². The van der Waals surface area contributed by atoms with Gasteiger partial charge in [0.2, 0.25) is 0 Å². The van der Waals surface area contributed by atoms with Crippen molar-refractivity contribution in [3.63, 3.8) is 0 Å². The molecule has 2 atom stereocenters. The molecule has 0 radical (unpaired) electrons.